The van der Waals surface area contributed by atoms with Gasteiger partial charge in [0.25, 0.3) is 5.89 Å². The molecule has 0 spiro atoms. The second-order valence-corrected chi connectivity index (χ2v) is 5.82. The summed E-state index contributed by atoms with van der Waals surface area (Å²) in [6.07, 6.45) is 0. The van der Waals surface area contributed by atoms with Crippen molar-refractivity contribution < 1.29 is 4.52 Å². The van der Waals surface area contributed by atoms with Crippen molar-refractivity contribution in [2.45, 2.75) is 27.3 Å². The third kappa shape index (κ3) is 3.14. The van der Waals surface area contributed by atoms with Crippen LogP contribution in [-0.4, -0.2) is 41.2 Å². The van der Waals surface area contributed by atoms with E-state index in [1.54, 1.807) is 0 Å². The molecular weight excluding hydrogens is 264 g/mol. The molecule has 1 aliphatic heterocycles. The number of hydrogen-bond donors (Lipinski definition) is 1. The Bertz CT molecular complexity index is 606. The first-order chi connectivity index (χ1) is 10.1. The van der Waals surface area contributed by atoms with Gasteiger partial charge in [0.15, 0.2) is 5.82 Å². The summed E-state index contributed by atoms with van der Waals surface area (Å²) in [5, 5.41) is 7.49. The number of rotatable bonds is 3. The topological polar surface area (TPSA) is 54.2 Å². The second-order valence-electron chi connectivity index (χ2n) is 5.82. The minimum Gasteiger partial charge on any atom is -0.334 e. The molecule has 21 heavy (non-hydrogen) atoms. The molecule has 0 bridgehead atoms. The Labute approximate surface area is 125 Å². The van der Waals surface area contributed by atoms with Gasteiger partial charge in [0.05, 0.1) is 6.54 Å². The summed E-state index contributed by atoms with van der Waals surface area (Å²) in [7, 11) is 0. The third-order valence-corrected chi connectivity index (χ3v) is 3.93. The smallest absolute Gasteiger partial charge is 0.258 e. The van der Waals surface area contributed by atoms with Crippen LogP contribution in [0.25, 0.3) is 11.5 Å². The minimum atomic E-state index is 0.634. The van der Waals surface area contributed by atoms with Gasteiger partial charge in [-0.1, -0.05) is 22.9 Å². The summed E-state index contributed by atoms with van der Waals surface area (Å²) in [4.78, 5) is 6.93. The van der Waals surface area contributed by atoms with E-state index < -0.39 is 0 Å². The summed E-state index contributed by atoms with van der Waals surface area (Å²) in [5.41, 5.74) is 4.70. The lowest BCUT2D eigenvalue weighted by molar-refractivity contribution is 0.225. The van der Waals surface area contributed by atoms with Gasteiger partial charge in [-0.25, -0.2) is 0 Å². The molecule has 2 heterocycles. The second kappa shape index (κ2) is 5.95. The largest absolute Gasteiger partial charge is 0.334 e. The van der Waals surface area contributed by atoms with Crippen molar-refractivity contribution in [1.29, 1.82) is 0 Å². The van der Waals surface area contributed by atoms with Crippen molar-refractivity contribution in [3.8, 4) is 11.5 Å². The zero-order valence-corrected chi connectivity index (χ0v) is 12.9. The average Bonchev–Trinajstić information content (AvgIpc) is 2.87. The van der Waals surface area contributed by atoms with Crippen LogP contribution in [0, 0.1) is 20.8 Å². The first kappa shape index (κ1) is 14.2. The van der Waals surface area contributed by atoms with Gasteiger partial charge in [-0.05, 0) is 31.9 Å². The van der Waals surface area contributed by atoms with E-state index in [-0.39, 0.29) is 0 Å². The van der Waals surface area contributed by atoms with Crippen LogP contribution in [0.5, 0.6) is 0 Å². The first-order valence-corrected chi connectivity index (χ1v) is 7.47. The molecular formula is C16H22N4O. The molecule has 0 unspecified atom stereocenters. The van der Waals surface area contributed by atoms with E-state index in [0.29, 0.717) is 5.89 Å². The number of benzene rings is 1. The van der Waals surface area contributed by atoms with Crippen molar-refractivity contribution in [1.82, 2.24) is 20.4 Å². The average molecular weight is 286 g/mol. The number of aryl methyl sites for hydroxylation is 3. The van der Waals surface area contributed by atoms with Crippen LogP contribution in [0.2, 0.25) is 0 Å². The standard InChI is InChI=1S/C16H22N4O/c1-11-8-12(2)15(13(3)9-11)16-18-14(19-21-16)10-20-6-4-17-5-7-20/h8-9,17H,4-7,10H2,1-3H3. The van der Waals surface area contributed by atoms with Crippen LogP contribution < -0.4 is 5.32 Å². The van der Waals surface area contributed by atoms with Crippen LogP contribution in [0.15, 0.2) is 16.7 Å². The molecule has 0 radical (unpaired) electrons. The molecule has 1 aromatic heterocycles. The maximum absolute atomic E-state index is 5.49. The van der Waals surface area contributed by atoms with E-state index in [2.05, 4.69) is 53.3 Å². The maximum Gasteiger partial charge on any atom is 0.258 e. The van der Waals surface area contributed by atoms with E-state index in [9.17, 15) is 0 Å². The molecule has 5 heteroatoms. The highest BCUT2D eigenvalue weighted by Crippen LogP contribution is 2.27. The molecule has 1 aliphatic rings. The molecule has 0 saturated carbocycles. The Balaban J connectivity index is 1.81. The Hall–Kier alpha value is -1.72. The predicted molar refractivity (Wildman–Crippen MR) is 82.1 cm³/mol. The monoisotopic (exact) mass is 286 g/mol. The van der Waals surface area contributed by atoms with Crippen LogP contribution >= 0.6 is 0 Å². The summed E-state index contributed by atoms with van der Waals surface area (Å²) < 4.78 is 5.49. The van der Waals surface area contributed by atoms with Crippen molar-refractivity contribution in [2.24, 2.45) is 0 Å². The van der Waals surface area contributed by atoms with Gasteiger partial charge >= 0.3 is 0 Å². The Morgan fingerprint density at radius 1 is 1.14 bits per heavy atom. The Morgan fingerprint density at radius 3 is 2.48 bits per heavy atom. The van der Waals surface area contributed by atoms with Gasteiger partial charge in [0.2, 0.25) is 0 Å². The van der Waals surface area contributed by atoms with Crippen molar-refractivity contribution in [3.63, 3.8) is 0 Å². The highest BCUT2D eigenvalue weighted by atomic mass is 16.5. The number of piperazine rings is 1. The van der Waals surface area contributed by atoms with Gasteiger partial charge in [-0.2, -0.15) is 4.98 Å². The molecule has 112 valence electrons. The zero-order valence-electron chi connectivity index (χ0n) is 12.9. The lowest BCUT2D eigenvalue weighted by Crippen LogP contribution is -2.43. The van der Waals surface area contributed by atoms with Crippen LogP contribution in [0.1, 0.15) is 22.5 Å². The van der Waals surface area contributed by atoms with E-state index in [1.165, 1.54) is 16.7 Å². The number of nitrogens with zero attached hydrogens (tertiary/aromatic N) is 3. The zero-order chi connectivity index (χ0) is 14.8. The predicted octanol–water partition coefficient (Wildman–Crippen LogP) is 2.07. The van der Waals surface area contributed by atoms with Crippen molar-refractivity contribution >= 4 is 0 Å². The highest BCUT2D eigenvalue weighted by molar-refractivity contribution is 5.63. The molecule has 2 aromatic rings. The van der Waals surface area contributed by atoms with Gasteiger partial charge in [-0.15, -0.1) is 0 Å². The summed E-state index contributed by atoms with van der Waals surface area (Å²) in [6.45, 7) is 11.2. The fraction of sp³-hybridized carbons (Fsp3) is 0.500. The maximum atomic E-state index is 5.49. The van der Waals surface area contributed by atoms with E-state index in [0.717, 1.165) is 44.1 Å². The molecule has 1 fully saturated rings. The minimum absolute atomic E-state index is 0.634. The van der Waals surface area contributed by atoms with Gasteiger partial charge in [0, 0.05) is 31.7 Å². The molecule has 1 saturated heterocycles. The van der Waals surface area contributed by atoms with E-state index in [4.69, 9.17) is 4.52 Å². The van der Waals surface area contributed by atoms with Gasteiger partial charge < -0.3 is 9.84 Å². The van der Waals surface area contributed by atoms with Gasteiger partial charge in [-0.3, -0.25) is 4.90 Å². The number of hydrogen-bond acceptors (Lipinski definition) is 5. The molecule has 1 N–H and O–H groups in total. The summed E-state index contributed by atoms with van der Waals surface area (Å²) in [5.74, 6) is 1.40. The normalized spacial score (nSPS) is 16.3. The lowest BCUT2D eigenvalue weighted by Gasteiger charge is -2.25. The van der Waals surface area contributed by atoms with Crippen LogP contribution in [0.3, 0.4) is 0 Å². The van der Waals surface area contributed by atoms with E-state index >= 15 is 0 Å². The fourth-order valence-electron chi connectivity index (χ4n) is 3.01. The Morgan fingerprint density at radius 2 is 1.81 bits per heavy atom. The molecule has 3 rings (SSSR count). The summed E-state index contributed by atoms with van der Waals surface area (Å²) in [6, 6.07) is 4.31. The summed E-state index contributed by atoms with van der Waals surface area (Å²) >= 11 is 0. The number of aromatic nitrogens is 2. The van der Waals surface area contributed by atoms with Crippen molar-refractivity contribution in [2.75, 3.05) is 26.2 Å². The first-order valence-electron chi connectivity index (χ1n) is 7.47. The lowest BCUT2D eigenvalue weighted by atomic mass is 10.00. The van der Waals surface area contributed by atoms with Gasteiger partial charge in [0.1, 0.15) is 0 Å². The molecule has 0 aliphatic carbocycles. The fourth-order valence-corrected chi connectivity index (χ4v) is 3.01. The van der Waals surface area contributed by atoms with Crippen molar-refractivity contribution in [3.05, 3.63) is 34.6 Å². The SMILES string of the molecule is Cc1cc(C)c(-c2nc(CN3CCNCC3)no2)c(C)c1. The molecule has 0 amide bonds. The van der Waals surface area contributed by atoms with Crippen LogP contribution in [-0.2, 0) is 6.54 Å². The highest BCUT2D eigenvalue weighted by Gasteiger charge is 2.17. The molecule has 0 atom stereocenters. The Kier molecular flexibility index (Phi) is 4.03. The number of nitrogens with one attached hydrogen (secondary N) is 1. The van der Waals surface area contributed by atoms with E-state index in [1.807, 2.05) is 0 Å². The quantitative estimate of drug-likeness (QED) is 0.936. The van der Waals surface area contributed by atoms with Crippen LogP contribution in [0.4, 0.5) is 0 Å². The molecule has 1 aromatic carbocycles. The molecule has 5 nitrogen and oxygen atoms in total. The third-order valence-electron chi connectivity index (χ3n) is 3.93.